The number of nitrogens with zero attached hydrogens (tertiary/aromatic N) is 3. The summed E-state index contributed by atoms with van der Waals surface area (Å²) in [5.41, 5.74) is 2.82. The summed E-state index contributed by atoms with van der Waals surface area (Å²) >= 11 is 0. The molecule has 1 aliphatic rings. The van der Waals surface area contributed by atoms with Crippen LogP contribution in [0, 0.1) is 0 Å². The van der Waals surface area contributed by atoms with E-state index in [0.717, 1.165) is 38.2 Å². The number of anilines is 1. The lowest BCUT2D eigenvalue weighted by atomic mass is 10.1. The Bertz CT molecular complexity index is 633. The fourth-order valence-corrected chi connectivity index (χ4v) is 2.95. The highest BCUT2D eigenvalue weighted by atomic mass is 16.2. The average Bonchev–Trinajstić information content (AvgIpc) is 2.63. The van der Waals surface area contributed by atoms with E-state index in [9.17, 15) is 4.79 Å². The van der Waals surface area contributed by atoms with Gasteiger partial charge in [-0.3, -0.25) is 4.79 Å². The smallest absolute Gasteiger partial charge is 0.272 e. The van der Waals surface area contributed by atoms with Crippen LogP contribution < -0.4 is 4.90 Å². The predicted octanol–water partition coefficient (Wildman–Crippen LogP) is 3.34. The van der Waals surface area contributed by atoms with Crippen LogP contribution in [0.5, 0.6) is 0 Å². The van der Waals surface area contributed by atoms with Gasteiger partial charge in [0, 0.05) is 26.7 Å². The number of aromatic nitrogens is 1. The topological polar surface area (TPSA) is 36.4 Å². The van der Waals surface area contributed by atoms with Gasteiger partial charge in [0.1, 0.15) is 5.69 Å². The fraction of sp³-hybridized carbons (Fsp3) is 0.368. The molecule has 0 atom stereocenters. The standard InChI is InChI=1S/C19H23N3O/c1-21(15-16-8-4-2-5-9-16)17-10-11-18(20-14-17)19(23)22-12-6-3-7-13-22/h2,4-5,8-11,14H,3,6-7,12-13,15H2,1H3. The zero-order chi connectivity index (χ0) is 16.1. The Morgan fingerprint density at radius 1 is 1.09 bits per heavy atom. The molecule has 0 aliphatic carbocycles. The Balaban J connectivity index is 1.65. The maximum Gasteiger partial charge on any atom is 0.272 e. The number of carbonyl (C=O) groups is 1. The van der Waals surface area contributed by atoms with Gasteiger partial charge in [-0.15, -0.1) is 0 Å². The van der Waals surface area contributed by atoms with E-state index in [1.165, 1.54) is 12.0 Å². The molecule has 2 aromatic rings. The third-order valence-electron chi connectivity index (χ3n) is 4.31. The van der Waals surface area contributed by atoms with E-state index in [0.29, 0.717) is 5.69 Å². The zero-order valence-corrected chi connectivity index (χ0v) is 13.6. The molecule has 1 saturated heterocycles. The van der Waals surface area contributed by atoms with Crippen molar-refractivity contribution in [2.75, 3.05) is 25.0 Å². The molecule has 120 valence electrons. The van der Waals surface area contributed by atoms with Crippen LogP contribution in [-0.4, -0.2) is 35.9 Å². The van der Waals surface area contributed by atoms with Crippen LogP contribution >= 0.6 is 0 Å². The lowest BCUT2D eigenvalue weighted by Gasteiger charge is -2.26. The molecule has 1 amide bonds. The largest absolute Gasteiger partial charge is 0.369 e. The van der Waals surface area contributed by atoms with Crippen molar-refractivity contribution in [1.82, 2.24) is 9.88 Å². The summed E-state index contributed by atoms with van der Waals surface area (Å²) in [6.45, 7) is 2.54. The van der Waals surface area contributed by atoms with Gasteiger partial charge in [0.05, 0.1) is 11.9 Å². The molecule has 0 spiro atoms. The number of carbonyl (C=O) groups excluding carboxylic acids is 1. The van der Waals surface area contributed by atoms with Crippen molar-refractivity contribution in [3.8, 4) is 0 Å². The summed E-state index contributed by atoms with van der Waals surface area (Å²) in [5.74, 6) is 0.0574. The summed E-state index contributed by atoms with van der Waals surface area (Å²) in [5, 5.41) is 0. The number of amides is 1. The highest BCUT2D eigenvalue weighted by Gasteiger charge is 2.19. The second kappa shape index (κ2) is 7.27. The molecule has 1 aliphatic heterocycles. The van der Waals surface area contributed by atoms with Crippen LogP contribution in [0.25, 0.3) is 0 Å². The summed E-state index contributed by atoms with van der Waals surface area (Å²) in [6.07, 6.45) is 5.22. The van der Waals surface area contributed by atoms with Gasteiger partial charge in [0.25, 0.3) is 5.91 Å². The van der Waals surface area contributed by atoms with E-state index in [1.54, 1.807) is 6.20 Å². The molecular weight excluding hydrogens is 286 g/mol. The van der Waals surface area contributed by atoms with Crippen molar-refractivity contribution in [3.05, 3.63) is 59.9 Å². The minimum absolute atomic E-state index is 0.0574. The molecule has 0 unspecified atom stereocenters. The monoisotopic (exact) mass is 309 g/mol. The third-order valence-corrected chi connectivity index (χ3v) is 4.31. The van der Waals surface area contributed by atoms with Gasteiger partial charge in [-0.2, -0.15) is 0 Å². The highest BCUT2D eigenvalue weighted by Crippen LogP contribution is 2.17. The lowest BCUT2D eigenvalue weighted by molar-refractivity contribution is 0.0718. The first kappa shape index (κ1) is 15.5. The zero-order valence-electron chi connectivity index (χ0n) is 13.6. The Morgan fingerprint density at radius 2 is 1.83 bits per heavy atom. The molecule has 0 bridgehead atoms. The van der Waals surface area contributed by atoms with Crippen molar-refractivity contribution in [1.29, 1.82) is 0 Å². The van der Waals surface area contributed by atoms with Crippen molar-refractivity contribution < 1.29 is 4.79 Å². The van der Waals surface area contributed by atoms with Crippen molar-refractivity contribution in [2.45, 2.75) is 25.8 Å². The molecule has 1 fully saturated rings. The molecule has 2 heterocycles. The summed E-state index contributed by atoms with van der Waals surface area (Å²) in [6, 6.07) is 14.1. The molecule has 0 saturated carbocycles. The molecule has 0 radical (unpaired) electrons. The molecule has 4 nitrogen and oxygen atoms in total. The number of pyridine rings is 1. The van der Waals surface area contributed by atoms with Crippen LogP contribution in [0.4, 0.5) is 5.69 Å². The molecule has 4 heteroatoms. The SMILES string of the molecule is CN(Cc1ccccc1)c1ccc(C(=O)N2CCCCC2)nc1. The van der Waals surface area contributed by atoms with Gasteiger partial charge >= 0.3 is 0 Å². The Hall–Kier alpha value is -2.36. The van der Waals surface area contributed by atoms with Gasteiger partial charge in [0.15, 0.2) is 0 Å². The quantitative estimate of drug-likeness (QED) is 0.869. The Morgan fingerprint density at radius 3 is 2.48 bits per heavy atom. The molecule has 1 aromatic heterocycles. The molecule has 3 rings (SSSR count). The first-order valence-corrected chi connectivity index (χ1v) is 8.24. The lowest BCUT2D eigenvalue weighted by Crippen LogP contribution is -2.36. The van der Waals surface area contributed by atoms with Crippen LogP contribution in [0.2, 0.25) is 0 Å². The summed E-state index contributed by atoms with van der Waals surface area (Å²) in [7, 11) is 2.04. The van der Waals surface area contributed by atoms with Crippen molar-refractivity contribution >= 4 is 11.6 Å². The normalized spacial score (nSPS) is 14.6. The molecular formula is C19H23N3O. The number of piperidine rings is 1. The Kier molecular flexibility index (Phi) is 4.91. The molecule has 0 N–H and O–H groups in total. The summed E-state index contributed by atoms with van der Waals surface area (Å²) in [4.78, 5) is 20.9. The fourth-order valence-electron chi connectivity index (χ4n) is 2.95. The number of hydrogen-bond acceptors (Lipinski definition) is 3. The minimum atomic E-state index is 0.0574. The van der Waals surface area contributed by atoms with E-state index < -0.39 is 0 Å². The summed E-state index contributed by atoms with van der Waals surface area (Å²) < 4.78 is 0. The number of hydrogen-bond donors (Lipinski definition) is 0. The van der Waals surface area contributed by atoms with Crippen molar-refractivity contribution in [3.63, 3.8) is 0 Å². The van der Waals surface area contributed by atoms with Crippen LogP contribution in [0.3, 0.4) is 0 Å². The second-order valence-corrected chi connectivity index (χ2v) is 6.10. The predicted molar refractivity (Wildman–Crippen MR) is 92.5 cm³/mol. The first-order valence-electron chi connectivity index (χ1n) is 8.24. The van der Waals surface area contributed by atoms with Gasteiger partial charge in [-0.1, -0.05) is 30.3 Å². The Labute approximate surface area is 137 Å². The maximum atomic E-state index is 12.4. The van der Waals surface area contributed by atoms with Crippen LogP contribution in [-0.2, 0) is 6.54 Å². The van der Waals surface area contributed by atoms with Gasteiger partial charge in [-0.25, -0.2) is 4.98 Å². The van der Waals surface area contributed by atoms with Crippen molar-refractivity contribution in [2.24, 2.45) is 0 Å². The van der Waals surface area contributed by atoms with E-state index in [2.05, 4.69) is 22.0 Å². The van der Waals surface area contributed by atoms with Gasteiger partial charge in [-0.05, 0) is 37.0 Å². The number of benzene rings is 1. The van der Waals surface area contributed by atoms with E-state index >= 15 is 0 Å². The second-order valence-electron chi connectivity index (χ2n) is 6.10. The van der Waals surface area contributed by atoms with E-state index in [4.69, 9.17) is 0 Å². The van der Waals surface area contributed by atoms with Crippen LogP contribution in [0.1, 0.15) is 35.3 Å². The maximum absolute atomic E-state index is 12.4. The van der Waals surface area contributed by atoms with Gasteiger partial charge in [0.2, 0.25) is 0 Å². The van der Waals surface area contributed by atoms with E-state index in [1.807, 2.05) is 42.3 Å². The van der Waals surface area contributed by atoms with Gasteiger partial charge < -0.3 is 9.80 Å². The number of rotatable bonds is 4. The minimum Gasteiger partial charge on any atom is -0.369 e. The highest BCUT2D eigenvalue weighted by molar-refractivity contribution is 5.92. The first-order chi connectivity index (χ1) is 11.2. The molecule has 23 heavy (non-hydrogen) atoms. The molecule has 1 aromatic carbocycles. The number of likely N-dealkylation sites (tertiary alicyclic amines) is 1. The van der Waals surface area contributed by atoms with Crippen LogP contribution in [0.15, 0.2) is 48.7 Å². The third kappa shape index (κ3) is 3.89. The van der Waals surface area contributed by atoms with E-state index in [-0.39, 0.29) is 5.91 Å². The average molecular weight is 309 g/mol.